The number of aliphatic hydroxyl groups is 2. The summed E-state index contributed by atoms with van der Waals surface area (Å²) in [5, 5.41) is 24.9. The van der Waals surface area contributed by atoms with E-state index in [1.54, 1.807) is 17.2 Å². The standard InChI is InChI=1S/C21H26ClN5O2/c1-14-6-7-16(22)8-15(14)10-26(17-4-2-3-5-17)20-19-9-25-27(11-18(29)12-28)21(19)24-13-23-20/h6-9,13,17-18,28-29H,2-5,10-12H2,1H3. The fourth-order valence-corrected chi connectivity index (χ4v) is 4.28. The molecule has 2 aromatic heterocycles. The van der Waals surface area contributed by atoms with Crippen LogP contribution >= 0.6 is 11.6 Å². The summed E-state index contributed by atoms with van der Waals surface area (Å²) in [7, 11) is 0. The van der Waals surface area contributed by atoms with Gasteiger partial charge in [-0.1, -0.05) is 30.5 Å². The van der Waals surface area contributed by atoms with Crippen LogP contribution in [0.2, 0.25) is 5.02 Å². The van der Waals surface area contributed by atoms with Crippen LogP contribution in [0.25, 0.3) is 11.0 Å². The van der Waals surface area contributed by atoms with Crippen molar-refractivity contribution in [1.82, 2.24) is 19.7 Å². The minimum atomic E-state index is -0.878. The van der Waals surface area contributed by atoms with Crippen LogP contribution in [-0.2, 0) is 13.1 Å². The molecular formula is C21H26ClN5O2. The normalized spacial score (nSPS) is 15.9. The summed E-state index contributed by atoms with van der Waals surface area (Å²) in [6.07, 6.45) is 7.11. The van der Waals surface area contributed by atoms with Gasteiger partial charge in [-0.25, -0.2) is 14.6 Å². The number of anilines is 1. The quantitative estimate of drug-likeness (QED) is 0.616. The van der Waals surface area contributed by atoms with Gasteiger partial charge < -0.3 is 15.1 Å². The molecular weight excluding hydrogens is 390 g/mol. The maximum atomic E-state index is 9.81. The van der Waals surface area contributed by atoms with Gasteiger partial charge in [0.1, 0.15) is 12.1 Å². The Kier molecular flexibility index (Phi) is 5.99. The van der Waals surface area contributed by atoms with E-state index in [4.69, 9.17) is 16.7 Å². The number of fused-ring (bicyclic) bond motifs is 1. The Hall–Kier alpha value is -2.22. The maximum absolute atomic E-state index is 9.81. The summed E-state index contributed by atoms with van der Waals surface area (Å²) in [5.41, 5.74) is 3.04. The number of aromatic nitrogens is 4. The fraction of sp³-hybridized carbons (Fsp3) is 0.476. The minimum absolute atomic E-state index is 0.188. The highest BCUT2D eigenvalue weighted by Crippen LogP contribution is 2.33. The van der Waals surface area contributed by atoms with Gasteiger partial charge in [-0.3, -0.25) is 0 Å². The summed E-state index contributed by atoms with van der Waals surface area (Å²) < 4.78 is 1.62. The van der Waals surface area contributed by atoms with E-state index < -0.39 is 6.10 Å². The van der Waals surface area contributed by atoms with Gasteiger partial charge in [0.15, 0.2) is 5.65 Å². The molecule has 1 aliphatic carbocycles. The highest BCUT2D eigenvalue weighted by atomic mass is 35.5. The van der Waals surface area contributed by atoms with Gasteiger partial charge in [0.2, 0.25) is 0 Å². The van der Waals surface area contributed by atoms with E-state index in [1.165, 1.54) is 24.0 Å². The smallest absolute Gasteiger partial charge is 0.163 e. The van der Waals surface area contributed by atoms with Crippen LogP contribution in [-0.4, -0.2) is 48.7 Å². The molecule has 1 saturated carbocycles. The number of rotatable bonds is 7. The van der Waals surface area contributed by atoms with Gasteiger partial charge in [-0.05, 0) is 43.0 Å². The van der Waals surface area contributed by atoms with Gasteiger partial charge in [0.25, 0.3) is 0 Å². The predicted octanol–water partition coefficient (Wildman–Crippen LogP) is 3.09. The summed E-state index contributed by atoms with van der Waals surface area (Å²) in [6.45, 7) is 2.69. The van der Waals surface area contributed by atoms with E-state index in [2.05, 4.69) is 26.9 Å². The first-order valence-electron chi connectivity index (χ1n) is 10.0. The second-order valence-electron chi connectivity index (χ2n) is 7.73. The summed E-state index contributed by atoms with van der Waals surface area (Å²) >= 11 is 6.26. The Bertz CT molecular complexity index is 986. The van der Waals surface area contributed by atoms with Crippen LogP contribution in [0.1, 0.15) is 36.8 Å². The van der Waals surface area contributed by atoms with Gasteiger partial charge in [-0.2, -0.15) is 5.10 Å². The Morgan fingerprint density at radius 3 is 2.83 bits per heavy atom. The molecule has 1 aromatic carbocycles. The number of nitrogens with zero attached hydrogens (tertiary/aromatic N) is 5. The molecule has 29 heavy (non-hydrogen) atoms. The van der Waals surface area contributed by atoms with Crippen molar-refractivity contribution in [3.8, 4) is 0 Å². The fourth-order valence-electron chi connectivity index (χ4n) is 4.09. The molecule has 1 atom stereocenters. The maximum Gasteiger partial charge on any atom is 0.163 e. The minimum Gasteiger partial charge on any atom is -0.394 e. The SMILES string of the molecule is Cc1ccc(Cl)cc1CN(c1ncnc2c1cnn2CC(O)CO)C1CCCC1. The molecule has 4 rings (SSSR count). The topological polar surface area (TPSA) is 87.3 Å². The number of hydrogen-bond acceptors (Lipinski definition) is 6. The lowest BCUT2D eigenvalue weighted by molar-refractivity contribution is 0.0792. The Morgan fingerprint density at radius 1 is 1.28 bits per heavy atom. The molecule has 0 spiro atoms. The molecule has 0 bridgehead atoms. The molecule has 1 aliphatic rings. The highest BCUT2D eigenvalue weighted by Gasteiger charge is 2.27. The first-order valence-corrected chi connectivity index (χ1v) is 10.4. The molecule has 7 nitrogen and oxygen atoms in total. The number of hydrogen-bond donors (Lipinski definition) is 2. The molecule has 8 heteroatoms. The first-order chi connectivity index (χ1) is 14.1. The number of aliphatic hydroxyl groups excluding tert-OH is 2. The van der Waals surface area contributed by atoms with E-state index in [0.717, 1.165) is 29.1 Å². The lowest BCUT2D eigenvalue weighted by Crippen LogP contribution is -2.34. The molecule has 0 aliphatic heterocycles. The lowest BCUT2D eigenvalue weighted by Gasteiger charge is -2.31. The third-order valence-electron chi connectivity index (χ3n) is 5.70. The number of aryl methyl sites for hydroxylation is 1. The van der Waals surface area contributed by atoms with Crippen molar-refractivity contribution >= 4 is 28.5 Å². The van der Waals surface area contributed by atoms with Gasteiger partial charge in [-0.15, -0.1) is 0 Å². The second-order valence-corrected chi connectivity index (χ2v) is 8.17. The first kappa shape index (κ1) is 20.1. The van der Waals surface area contributed by atoms with E-state index in [0.29, 0.717) is 18.2 Å². The van der Waals surface area contributed by atoms with E-state index >= 15 is 0 Å². The van der Waals surface area contributed by atoms with Crippen LogP contribution in [0, 0.1) is 6.92 Å². The third kappa shape index (κ3) is 4.22. The van der Waals surface area contributed by atoms with Crippen molar-refractivity contribution in [3.05, 3.63) is 46.9 Å². The number of halogens is 1. The molecule has 0 amide bonds. The zero-order chi connectivity index (χ0) is 20.4. The van der Waals surface area contributed by atoms with Crippen LogP contribution < -0.4 is 4.90 Å². The van der Waals surface area contributed by atoms with Gasteiger partial charge in [0.05, 0.1) is 30.8 Å². The summed E-state index contributed by atoms with van der Waals surface area (Å²) in [5.74, 6) is 0.853. The van der Waals surface area contributed by atoms with Crippen LogP contribution in [0.15, 0.2) is 30.7 Å². The van der Waals surface area contributed by atoms with Crippen LogP contribution in [0.5, 0.6) is 0 Å². The third-order valence-corrected chi connectivity index (χ3v) is 5.93. The zero-order valence-electron chi connectivity index (χ0n) is 16.5. The van der Waals surface area contributed by atoms with Crippen LogP contribution in [0.3, 0.4) is 0 Å². The molecule has 2 N–H and O–H groups in total. The van der Waals surface area contributed by atoms with E-state index in [1.807, 2.05) is 18.2 Å². The Labute approximate surface area is 175 Å². The molecule has 0 radical (unpaired) electrons. The van der Waals surface area contributed by atoms with Crippen molar-refractivity contribution in [2.45, 2.75) is 57.8 Å². The van der Waals surface area contributed by atoms with Crippen molar-refractivity contribution < 1.29 is 10.2 Å². The Morgan fingerprint density at radius 2 is 2.07 bits per heavy atom. The predicted molar refractivity (Wildman–Crippen MR) is 113 cm³/mol. The highest BCUT2D eigenvalue weighted by molar-refractivity contribution is 6.30. The Balaban J connectivity index is 1.74. The molecule has 1 unspecified atom stereocenters. The summed E-state index contributed by atoms with van der Waals surface area (Å²) in [4.78, 5) is 11.4. The number of benzene rings is 1. The van der Waals surface area contributed by atoms with E-state index in [-0.39, 0.29) is 13.2 Å². The zero-order valence-corrected chi connectivity index (χ0v) is 17.3. The van der Waals surface area contributed by atoms with Crippen molar-refractivity contribution in [3.63, 3.8) is 0 Å². The lowest BCUT2D eigenvalue weighted by atomic mass is 10.1. The van der Waals surface area contributed by atoms with Crippen molar-refractivity contribution in [2.24, 2.45) is 0 Å². The van der Waals surface area contributed by atoms with Gasteiger partial charge >= 0.3 is 0 Å². The second kappa shape index (κ2) is 8.65. The monoisotopic (exact) mass is 415 g/mol. The van der Waals surface area contributed by atoms with Crippen molar-refractivity contribution in [2.75, 3.05) is 11.5 Å². The molecule has 1 fully saturated rings. The van der Waals surface area contributed by atoms with Crippen LogP contribution in [0.4, 0.5) is 5.82 Å². The molecule has 3 aromatic rings. The van der Waals surface area contributed by atoms with Crippen molar-refractivity contribution in [1.29, 1.82) is 0 Å². The summed E-state index contributed by atoms with van der Waals surface area (Å²) in [6, 6.07) is 6.39. The average Bonchev–Trinajstić information content (AvgIpc) is 3.39. The molecule has 154 valence electrons. The average molecular weight is 416 g/mol. The molecule has 0 saturated heterocycles. The molecule has 2 heterocycles. The largest absolute Gasteiger partial charge is 0.394 e. The van der Waals surface area contributed by atoms with E-state index in [9.17, 15) is 5.11 Å². The van der Waals surface area contributed by atoms with Gasteiger partial charge in [0, 0.05) is 17.6 Å².